The smallest absolute Gasteiger partial charge is 0.410 e. The van der Waals surface area contributed by atoms with E-state index in [4.69, 9.17) is 4.74 Å². The van der Waals surface area contributed by atoms with E-state index >= 15 is 0 Å². The molecule has 3 rings (SSSR count). The molecular formula is C21H20F3N3O4. The van der Waals surface area contributed by atoms with E-state index in [1.54, 1.807) is 12.1 Å². The van der Waals surface area contributed by atoms with E-state index < -0.39 is 35.6 Å². The van der Waals surface area contributed by atoms with Crippen LogP contribution >= 0.6 is 0 Å². The molecule has 1 aliphatic heterocycles. The number of hydrogen-bond acceptors (Lipinski definition) is 4. The summed E-state index contributed by atoms with van der Waals surface area (Å²) in [5.74, 6) is 0.0891. The number of alkyl halides is 3. The minimum atomic E-state index is -4.69. The van der Waals surface area contributed by atoms with Crippen LogP contribution in [0.25, 0.3) is 0 Å². The molecule has 2 aromatic carbocycles. The van der Waals surface area contributed by atoms with Crippen LogP contribution in [0.5, 0.6) is 5.75 Å². The fourth-order valence-corrected chi connectivity index (χ4v) is 3.03. The van der Waals surface area contributed by atoms with Crippen LogP contribution in [0.4, 0.5) is 33.2 Å². The van der Waals surface area contributed by atoms with E-state index in [0.29, 0.717) is 24.1 Å². The van der Waals surface area contributed by atoms with Gasteiger partial charge in [-0.1, -0.05) is 23.8 Å². The maximum absolute atomic E-state index is 13.1. The molecule has 0 saturated carbocycles. The Balaban J connectivity index is 1.89. The van der Waals surface area contributed by atoms with Crippen LogP contribution in [0.1, 0.15) is 24.0 Å². The van der Waals surface area contributed by atoms with Crippen molar-refractivity contribution in [1.29, 1.82) is 0 Å². The van der Waals surface area contributed by atoms with Crippen molar-refractivity contribution in [2.75, 3.05) is 18.0 Å². The van der Waals surface area contributed by atoms with Gasteiger partial charge in [0.05, 0.1) is 11.3 Å². The first-order chi connectivity index (χ1) is 14.6. The first-order valence-electron chi connectivity index (χ1n) is 9.51. The normalized spacial score (nSPS) is 13.6. The van der Waals surface area contributed by atoms with Crippen LogP contribution in [0.15, 0.2) is 48.5 Å². The summed E-state index contributed by atoms with van der Waals surface area (Å²) in [5, 5.41) is 2.05. The van der Waals surface area contributed by atoms with Crippen LogP contribution in [0.3, 0.4) is 0 Å². The van der Waals surface area contributed by atoms with Crippen LogP contribution < -0.4 is 15.0 Å². The number of likely N-dealkylation sites (tertiary alicyclic amines) is 1. The highest BCUT2D eigenvalue weighted by molar-refractivity contribution is 6.15. The summed E-state index contributed by atoms with van der Waals surface area (Å²) in [6.45, 7) is 2.70. The number of carbonyl (C=O) groups is 3. The Hall–Kier alpha value is -3.56. The summed E-state index contributed by atoms with van der Waals surface area (Å²) in [5.41, 5.74) is -0.557. The van der Waals surface area contributed by atoms with Gasteiger partial charge in [-0.3, -0.25) is 5.32 Å². The van der Waals surface area contributed by atoms with Crippen molar-refractivity contribution < 1.29 is 32.3 Å². The molecular weight excluding hydrogens is 415 g/mol. The topological polar surface area (TPSA) is 79.0 Å². The third-order valence-corrected chi connectivity index (χ3v) is 4.65. The molecule has 31 heavy (non-hydrogen) atoms. The largest absolute Gasteiger partial charge is 0.428 e. The minimum Gasteiger partial charge on any atom is -0.410 e. The Kier molecular flexibility index (Phi) is 6.47. The van der Waals surface area contributed by atoms with E-state index in [2.05, 4.69) is 0 Å². The molecule has 1 aliphatic rings. The van der Waals surface area contributed by atoms with E-state index in [1.165, 1.54) is 17.0 Å². The van der Waals surface area contributed by atoms with Crippen LogP contribution in [0, 0.1) is 6.92 Å². The average Bonchev–Trinajstić information content (AvgIpc) is 3.24. The lowest BCUT2D eigenvalue weighted by Crippen LogP contribution is -2.50. The summed E-state index contributed by atoms with van der Waals surface area (Å²) >= 11 is 0. The van der Waals surface area contributed by atoms with Crippen molar-refractivity contribution in [3.05, 3.63) is 59.7 Å². The zero-order valence-electron chi connectivity index (χ0n) is 16.6. The number of carbonyl (C=O) groups excluding carboxylic acids is 3. The van der Waals surface area contributed by atoms with Crippen LogP contribution in [-0.2, 0) is 6.18 Å². The zero-order chi connectivity index (χ0) is 22.6. The highest BCUT2D eigenvalue weighted by Crippen LogP contribution is 2.32. The molecule has 10 heteroatoms. The molecule has 0 atom stereocenters. The van der Waals surface area contributed by atoms with Crippen LogP contribution in [-0.4, -0.2) is 36.1 Å². The predicted molar refractivity (Wildman–Crippen MR) is 106 cm³/mol. The van der Waals surface area contributed by atoms with Gasteiger partial charge in [-0.05, 0) is 50.1 Å². The summed E-state index contributed by atoms with van der Waals surface area (Å²) in [6.07, 6.45) is -4.40. The number of ether oxygens (including phenoxy) is 1. The van der Waals surface area contributed by atoms with Gasteiger partial charge in [0.1, 0.15) is 5.75 Å². The first-order valence-corrected chi connectivity index (χ1v) is 9.51. The van der Waals surface area contributed by atoms with Gasteiger partial charge in [0.2, 0.25) is 0 Å². The first kappa shape index (κ1) is 22.1. The summed E-state index contributed by atoms with van der Waals surface area (Å²) in [6, 6.07) is 7.97. The molecule has 2 aromatic rings. The second-order valence-corrected chi connectivity index (χ2v) is 6.99. The third kappa shape index (κ3) is 5.53. The maximum Gasteiger partial charge on any atom is 0.428 e. The van der Waals surface area contributed by atoms with Crippen molar-refractivity contribution >= 4 is 23.8 Å². The average molecular weight is 435 g/mol. The molecule has 0 aliphatic carbocycles. The number of amides is 5. The molecule has 0 unspecified atom stereocenters. The molecule has 0 bridgehead atoms. The van der Waals surface area contributed by atoms with Crippen molar-refractivity contribution in [1.82, 2.24) is 10.2 Å². The quantitative estimate of drug-likeness (QED) is 0.724. The van der Waals surface area contributed by atoms with Crippen LogP contribution in [0.2, 0.25) is 0 Å². The number of imide groups is 2. The van der Waals surface area contributed by atoms with Crippen molar-refractivity contribution in [2.45, 2.75) is 25.9 Å². The standard InChI is InChI=1S/C21H20F3N3O4/c1-14-7-9-17(10-8-14)31-20(30)27(16-6-4-5-15(13-16)21(22,23)24)19(29)25-18(28)26-11-2-3-12-26/h4-10,13H,2-3,11-12H2,1H3,(H,25,28,29). The lowest BCUT2D eigenvalue weighted by Gasteiger charge is -2.23. The van der Waals surface area contributed by atoms with Crippen molar-refractivity contribution in [2.24, 2.45) is 0 Å². The highest BCUT2D eigenvalue weighted by Gasteiger charge is 2.34. The fourth-order valence-electron chi connectivity index (χ4n) is 3.03. The number of aryl methyl sites for hydroxylation is 1. The van der Waals surface area contributed by atoms with E-state index in [-0.39, 0.29) is 5.75 Å². The minimum absolute atomic E-state index is 0.0891. The lowest BCUT2D eigenvalue weighted by atomic mass is 10.2. The third-order valence-electron chi connectivity index (χ3n) is 4.65. The summed E-state index contributed by atoms with van der Waals surface area (Å²) in [4.78, 5) is 39.5. The second kappa shape index (κ2) is 9.07. The number of urea groups is 2. The molecule has 164 valence electrons. The monoisotopic (exact) mass is 435 g/mol. The highest BCUT2D eigenvalue weighted by atomic mass is 19.4. The molecule has 7 nitrogen and oxygen atoms in total. The Bertz CT molecular complexity index is 971. The maximum atomic E-state index is 13.1. The zero-order valence-corrected chi connectivity index (χ0v) is 16.6. The second-order valence-electron chi connectivity index (χ2n) is 6.99. The van der Waals surface area contributed by atoms with Gasteiger partial charge < -0.3 is 9.64 Å². The Morgan fingerprint density at radius 2 is 1.68 bits per heavy atom. The fraction of sp³-hybridized carbons (Fsp3) is 0.286. The Morgan fingerprint density at radius 1 is 1.03 bits per heavy atom. The number of nitrogens with one attached hydrogen (secondary N) is 1. The number of hydrogen-bond donors (Lipinski definition) is 1. The van der Waals surface area contributed by atoms with E-state index in [0.717, 1.165) is 36.6 Å². The molecule has 0 spiro atoms. The number of nitrogens with zero attached hydrogens (tertiary/aromatic N) is 2. The predicted octanol–water partition coefficient (Wildman–Crippen LogP) is 4.94. The molecule has 5 amide bonds. The summed E-state index contributed by atoms with van der Waals surface area (Å²) < 4.78 is 44.6. The van der Waals surface area contributed by atoms with Gasteiger partial charge >= 0.3 is 24.3 Å². The number of benzene rings is 2. The Labute approximate surface area is 176 Å². The molecule has 0 radical (unpaired) electrons. The molecule has 1 heterocycles. The number of halogens is 3. The van der Waals surface area contributed by atoms with Gasteiger partial charge in [-0.25, -0.2) is 14.4 Å². The van der Waals surface area contributed by atoms with Gasteiger partial charge in [0.25, 0.3) is 0 Å². The lowest BCUT2D eigenvalue weighted by molar-refractivity contribution is -0.137. The van der Waals surface area contributed by atoms with Crippen molar-refractivity contribution in [3.63, 3.8) is 0 Å². The number of anilines is 1. The molecule has 0 aromatic heterocycles. The van der Waals surface area contributed by atoms with Gasteiger partial charge in [-0.2, -0.15) is 18.1 Å². The Morgan fingerprint density at radius 3 is 2.29 bits per heavy atom. The molecule has 1 N–H and O–H groups in total. The van der Waals surface area contributed by atoms with Gasteiger partial charge in [-0.15, -0.1) is 0 Å². The van der Waals surface area contributed by atoms with Crippen molar-refractivity contribution in [3.8, 4) is 5.75 Å². The van der Waals surface area contributed by atoms with E-state index in [9.17, 15) is 27.6 Å². The van der Waals surface area contributed by atoms with Gasteiger partial charge in [0.15, 0.2) is 0 Å². The van der Waals surface area contributed by atoms with Gasteiger partial charge in [0, 0.05) is 13.1 Å². The molecule has 1 saturated heterocycles. The molecule has 1 fully saturated rings. The summed E-state index contributed by atoms with van der Waals surface area (Å²) in [7, 11) is 0. The van der Waals surface area contributed by atoms with E-state index in [1.807, 2.05) is 12.2 Å². The SMILES string of the molecule is Cc1ccc(OC(=O)N(C(=O)NC(=O)N2CCCC2)c2cccc(C(F)(F)F)c2)cc1. The number of rotatable bonds is 2.